The van der Waals surface area contributed by atoms with Gasteiger partial charge in [-0.2, -0.15) is 0 Å². The molecule has 0 spiro atoms. The molecule has 1 aliphatic heterocycles. The smallest absolute Gasteiger partial charge is 0.377 e. The molecule has 200 valence electrons. The van der Waals surface area contributed by atoms with Crippen molar-refractivity contribution in [3.05, 3.63) is 59.4 Å². The van der Waals surface area contributed by atoms with Gasteiger partial charge < -0.3 is 19.5 Å². The van der Waals surface area contributed by atoms with Gasteiger partial charge >= 0.3 is 5.97 Å². The van der Waals surface area contributed by atoms with Gasteiger partial charge in [0.1, 0.15) is 5.82 Å². The number of ketones is 1. The SMILES string of the molecule is COc1cc(C(=O)C(=O)O)ccc1OCCCN1CCC(C(c2ccc(F)cc2)C2CCCCC2)CC1. The molecule has 2 aromatic rings. The molecule has 0 bridgehead atoms. The monoisotopic (exact) mass is 511 g/mol. The first-order chi connectivity index (χ1) is 18.0. The number of Topliss-reactive ketones (excluding diaryl/α,β-unsaturated/α-hetero) is 1. The number of aliphatic carboxylic acids is 1. The van der Waals surface area contributed by atoms with Crippen LogP contribution in [0.1, 0.15) is 73.2 Å². The van der Waals surface area contributed by atoms with Crippen LogP contribution in [0, 0.1) is 17.7 Å². The van der Waals surface area contributed by atoms with Gasteiger partial charge in [0.15, 0.2) is 11.5 Å². The molecule has 37 heavy (non-hydrogen) atoms. The number of methoxy groups -OCH3 is 1. The quantitative estimate of drug-likeness (QED) is 0.228. The third kappa shape index (κ3) is 7.10. The van der Waals surface area contributed by atoms with Crippen LogP contribution in [0.2, 0.25) is 0 Å². The molecule has 2 aliphatic rings. The van der Waals surface area contributed by atoms with Crippen molar-refractivity contribution in [1.29, 1.82) is 0 Å². The summed E-state index contributed by atoms with van der Waals surface area (Å²) in [4.78, 5) is 25.1. The van der Waals surface area contributed by atoms with Gasteiger partial charge in [0.05, 0.1) is 13.7 Å². The van der Waals surface area contributed by atoms with Gasteiger partial charge in [0, 0.05) is 12.1 Å². The molecule has 0 aromatic heterocycles. The predicted octanol–water partition coefficient (Wildman–Crippen LogP) is 5.95. The Bertz CT molecular complexity index is 1040. The highest BCUT2D eigenvalue weighted by molar-refractivity contribution is 6.39. The van der Waals surface area contributed by atoms with Crippen LogP contribution in [-0.2, 0) is 4.79 Å². The van der Waals surface area contributed by atoms with Crippen molar-refractivity contribution in [1.82, 2.24) is 4.90 Å². The lowest BCUT2D eigenvalue weighted by molar-refractivity contribution is -0.131. The highest BCUT2D eigenvalue weighted by Crippen LogP contribution is 2.44. The van der Waals surface area contributed by atoms with Crippen molar-refractivity contribution in [2.24, 2.45) is 11.8 Å². The van der Waals surface area contributed by atoms with E-state index in [-0.39, 0.29) is 11.4 Å². The summed E-state index contributed by atoms with van der Waals surface area (Å²) in [5.41, 5.74) is 1.37. The second-order valence-electron chi connectivity index (χ2n) is 10.4. The maximum Gasteiger partial charge on any atom is 0.377 e. The lowest BCUT2D eigenvalue weighted by atomic mass is 9.68. The standard InChI is InChI=1S/C30H38FNO5/c1-36-27-20-24(29(33)30(34)35)10-13-26(27)37-19-5-16-32-17-14-23(15-18-32)28(21-6-3-2-4-7-21)22-8-11-25(31)12-9-22/h8-13,20-21,23,28H,2-7,14-19H2,1H3,(H,34,35). The molecule has 4 rings (SSSR count). The summed E-state index contributed by atoms with van der Waals surface area (Å²) in [5, 5.41) is 8.91. The van der Waals surface area contributed by atoms with E-state index in [9.17, 15) is 14.0 Å². The number of rotatable bonds is 11. The molecule has 1 N–H and O–H groups in total. The largest absolute Gasteiger partial charge is 0.493 e. The minimum Gasteiger partial charge on any atom is -0.493 e. The van der Waals surface area contributed by atoms with Gasteiger partial charge in [-0.25, -0.2) is 9.18 Å². The first-order valence-corrected chi connectivity index (χ1v) is 13.5. The van der Waals surface area contributed by atoms with E-state index in [0.29, 0.717) is 35.9 Å². The Balaban J connectivity index is 1.27. The van der Waals surface area contributed by atoms with E-state index >= 15 is 0 Å². The van der Waals surface area contributed by atoms with Gasteiger partial charge in [0.25, 0.3) is 5.78 Å². The molecule has 1 aliphatic carbocycles. The fourth-order valence-corrected chi connectivity index (χ4v) is 6.17. The van der Waals surface area contributed by atoms with Crippen LogP contribution in [0.5, 0.6) is 11.5 Å². The van der Waals surface area contributed by atoms with Crippen molar-refractivity contribution < 1.29 is 28.6 Å². The third-order valence-corrected chi connectivity index (χ3v) is 8.05. The van der Waals surface area contributed by atoms with E-state index in [2.05, 4.69) is 4.90 Å². The van der Waals surface area contributed by atoms with Gasteiger partial charge in [-0.1, -0.05) is 31.4 Å². The molecule has 1 heterocycles. The van der Waals surface area contributed by atoms with Crippen molar-refractivity contribution in [3.8, 4) is 11.5 Å². The lowest BCUT2D eigenvalue weighted by Gasteiger charge is -2.41. The number of benzene rings is 2. The molecule has 6 nitrogen and oxygen atoms in total. The number of carboxylic acids is 1. The second kappa shape index (κ2) is 13.0. The minimum atomic E-state index is -1.50. The number of nitrogens with zero attached hydrogens (tertiary/aromatic N) is 1. The molecular formula is C30H38FNO5. The molecule has 2 fully saturated rings. The van der Waals surface area contributed by atoms with Gasteiger partial charge in [-0.15, -0.1) is 0 Å². The first-order valence-electron chi connectivity index (χ1n) is 13.5. The van der Waals surface area contributed by atoms with E-state index in [4.69, 9.17) is 14.6 Å². The number of carbonyl (C=O) groups excluding carboxylic acids is 1. The van der Waals surface area contributed by atoms with Crippen LogP contribution in [0.4, 0.5) is 4.39 Å². The van der Waals surface area contributed by atoms with E-state index in [1.54, 1.807) is 18.2 Å². The summed E-state index contributed by atoms with van der Waals surface area (Å²) in [6, 6.07) is 11.7. The second-order valence-corrected chi connectivity index (χ2v) is 10.4. The molecular weight excluding hydrogens is 473 g/mol. The summed E-state index contributed by atoms with van der Waals surface area (Å²) in [6.45, 7) is 3.56. The molecule has 2 aromatic carbocycles. The van der Waals surface area contributed by atoms with Crippen LogP contribution < -0.4 is 9.47 Å². The summed E-state index contributed by atoms with van der Waals surface area (Å²) in [7, 11) is 1.47. The fraction of sp³-hybridized carbons (Fsp3) is 0.533. The van der Waals surface area contributed by atoms with Crippen LogP contribution in [0.25, 0.3) is 0 Å². The third-order valence-electron chi connectivity index (χ3n) is 8.05. The lowest BCUT2D eigenvalue weighted by Crippen LogP contribution is -2.38. The Labute approximate surface area is 218 Å². The Hall–Kier alpha value is -2.93. The molecule has 0 radical (unpaired) electrons. The number of likely N-dealkylation sites (tertiary alicyclic amines) is 1. The van der Waals surface area contributed by atoms with E-state index in [0.717, 1.165) is 38.9 Å². The van der Waals surface area contributed by atoms with Gasteiger partial charge in [-0.05, 0) is 98.8 Å². The van der Waals surface area contributed by atoms with Crippen molar-refractivity contribution in [3.63, 3.8) is 0 Å². The first kappa shape index (κ1) is 27.1. The molecule has 1 saturated heterocycles. The Morgan fingerprint density at radius 3 is 2.30 bits per heavy atom. The zero-order chi connectivity index (χ0) is 26.2. The molecule has 1 unspecified atom stereocenters. The Morgan fingerprint density at radius 1 is 0.973 bits per heavy atom. The maximum absolute atomic E-state index is 13.6. The van der Waals surface area contributed by atoms with E-state index in [1.165, 1.54) is 56.9 Å². The average molecular weight is 512 g/mol. The number of halogens is 1. The summed E-state index contributed by atoms with van der Waals surface area (Å²) < 4.78 is 24.8. The molecule has 1 saturated carbocycles. The number of hydrogen-bond donors (Lipinski definition) is 1. The van der Waals surface area contributed by atoms with Gasteiger partial charge in [0.2, 0.25) is 0 Å². The fourth-order valence-electron chi connectivity index (χ4n) is 6.17. The van der Waals surface area contributed by atoms with E-state index < -0.39 is 11.8 Å². The zero-order valence-corrected chi connectivity index (χ0v) is 21.7. The van der Waals surface area contributed by atoms with E-state index in [1.807, 2.05) is 12.1 Å². The topological polar surface area (TPSA) is 76.1 Å². The van der Waals surface area contributed by atoms with Crippen LogP contribution >= 0.6 is 0 Å². The van der Waals surface area contributed by atoms with Crippen molar-refractivity contribution in [2.75, 3.05) is 33.4 Å². The number of piperidine rings is 1. The summed E-state index contributed by atoms with van der Waals surface area (Å²) in [5.74, 6) is 0.0786. The molecule has 1 atom stereocenters. The number of carboxylic acid groups (broad SMARTS) is 1. The minimum absolute atomic E-state index is 0.0618. The number of carbonyl (C=O) groups is 2. The van der Waals surface area contributed by atoms with Crippen molar-refractivity contribution in [2.45, 2.75) is 57.3 Å². The Morgan fingerprint density at radius 2 is 1.65 bits per heavy atom. The maximum atomic E-state index is 13.6. The highest BCUT2D eigenvalue weighted by Gasteiger charge is 2.33. The van der Waals surface area contributed by atoms with Crippen LogP contribution in [0.15, 0.2) is 42.5 Å². The normalized spacial score (nSPS) is 18.3. The van der Waals surface area contributed by atoms with Crippen LogP contribution in [-0.4, -0.2) is 55.1 Å². The predicted molar refractivity (Wildman–Crippen MR) is 140 cm³/mol. The average Bonchev–Trinajstić information content (AvgIpc) is 2.93. The Kier molecular flexibility index (Phi) is 9.56. The van der Waals surface area contributed by atoms with Gasteiger partial charge in [-0.3, -0.25) is 4.79 Å². The molecule has 0 amide bonds. The highest BCUT2D eigenvalue weighted by atomic mass is 19.1. The number of hydrogen-bond acceptors (Lipinski definition) is 5. The zero-order valence-electron chi connectivity index (χ0n) is 21.7. The summed E-state index contributed by atoms with van der Waals surface area (Å²) in [6.07, 6.45) is 9.70. The number of ether oxygens (including phenoxy) is 2. The molecule has 7 heteroatoms. The summed E-state index contributed by atoms with van der Waals surface area (Å²) >= 11 is 0. The van der Waals surface area contributed by atoms with Crippen LogP contribution in [0.3, 0.4) is 0 Å². The van der Waals surface area contributed by atoms with Crippen molar-refractivity contribution >= 4 is 11.8 Å².